The van der Waals surface area contributed by atoms with Crippen molar-refractivity contribution >= 4 is 45.3 Å². The number of nitrogens with one attached hydrogen (secondary N) is 2. The van der Waals surface area contributed by atoms with Crippen LogP contribution in [0.3, 0.4) is 0 Å². The number of benzene rings is 1. The zero-order valence-electron chi connectivity index (χ0n) is 26.3. The summed E-state index contributed by atoms with van der Waals surface area (Å²) in [6.07, 6.45) is 23.2. The number of fused-ring (bicyclic) bond motifs is 3. The summed E-state index contributed by atoms with van der Waals surface area (Å²) >= 11 is 0. The Bertz CT molecular complexity index is 1130. The third kappa shape index (κ3) is 12.5. The van der Waals surface area contributed by atoms with Gasteiger partial charge in [0, 0.05) is 23.6 Å². The highest BCUT2D eigenvalue weighted by molar-refractivity contribution is 6.05. The Morgan fingerprint density at radius 1 is 0.476 bits per heavy atom. The molecular formula is C36H54N4O2. The topological polar surface area (TPSA) is 84.0 Å². The van der Waals surface area contributed by atoms with Crippen LogP contribution in [0.1, 0.15) is 142 Å². The highest BCUT2D eigenvalue weighted by Gasteiger charge is 2.10. The third-order valence-corrected chi connectivity index (χ3v) is 8.07. The first-order valence-electron chi connectivity index (χ1n) is 16.9. The summed E-state index contributed by atoms with van der Waals surface area (Å²) in [5.41, 5.74) is 1.45. The standard InChI is InChI=1S/C36H54N4O2/c1-3-5-7-9-11-13-15-17-19-21-33(41)37-31-27-25-29-23-24-30-26-28-32(40-36(30)35(29)39-31)38-34(42)22-20-18-16-14-12-10-8-6-4-2/h23-28H,3-22H2,1-2H3,(H,37,39,41)(H,38,40,42). The van der Waals surface area contributed by atoms with E-state index in [9.17, 15) is 9.59 Å². The molecule has 0 saturated carbocycles. The van der Waals surface area contributed by atoms with E-state index in [0.717, 1.165) is 47.5 Å². The number of rotatable bonds is 22. The molecule has 2 N–H and O–H groups in total. The fraction of sp³-hybridized carbons (Fsp3) is 0.611. The monoisotopic (exact) mass is 574 g/mol. The van der Waals surface area contributed by atoms with Gasteiger partial charge in [-0.25, -0.2) is 9.97 Å². The van der Waals surface area contributed by atoms with Gasteiger partial charge in [0.05, 0.1) is 11.0 Å². The van der Waals surface area contributed by atoms with Crippen molar-refractivity contribution in [3.8, 4) is 0 Å². The second-order valence-corrected chi connectivity index (χ2v) is 11.9. The second-order valence-electron chi connectivity index (χ2n) is 11.9. The molecule has 6 nitrogen and oxygen atoms in total. The van der Waals surface area contributed by atoms with Gasteiger partial charge in [0.1, 0.15) is 11.6 Å². The fourth-order valence-electron chi connectivity index (χ4n) is 5.51. The molecule has 0 aliphatic carbocycles. The van der Waals surface area contributed by atoms with E-state index in [0.29, 0.717) is 24.5 Å². The van der Waals surface area contributed by atoms with Crippen LogP contribution >= 0.6 is 0 Å². The average molecular weight is 575 g/mol. The van der Waals surface area contributed by atoms with Crippen LogP contribution in [0.4, 0.5) is 11.6 Å². The largest absolute Gasteiger partial charge is 0.311 e. The number of nitrogens with zero attached hydrogens (tertiary/aromatic N) is 2. The van der Waals surface area contributed by atoms with Crippen LogP contribution < -0.4 is 10.6 Å². The lowest BCUT2D eigenvalue weighted by Crippen LogP contribution is -2.13. The van der Waals surface area contributed by atoms with E-state index >= 15 is 0 Å². The summed E-state index contributed by atoms with van der Waals surface area (Å²) in [6, 6.07) is 11.7. The Balaban J connectivity index is 1.46. The molecule has 0 aliphatic heterocycles. The first kappa shape index (κ1) is 33.5. The number of carbonyl (C=O) groups is 2. The third-order valence-electron chi connectivity index (χ3n) is 8.07. The maximum absolute atomic E-state index is 12.6. The first-order valence-corrected chi connectivity index (χ1v) is 16.9. The Morgan fingerprint density at radius 3 is 1.14 bits per heavy atom. The smallest absolute Gasteiger partial charge is 0.225 e. The maximum Gasteiger partial charge on any atom is 0.225 e. The summed E-state index contributed by atoms with van der Waals surface area (Å²) in [7, 11) is 0. The summed E-state index contributed by atoms with van der Waals surface area (Å²) in [5.74, 6) is 1.08. The van der Waals surface area contributed by atoms with E-state index < -0.39 is 0 Å². The zero-order chi connectivity index (χ0) is 29.8. The minimum absolute atomic E-state index is 0.00226. The molecule has 2 heterocycles. The van der Waals surface area contributed by atoms with Gasteiger partial charge in [-0.05, 0) is 37.1 Å². The molecule has 2 amide bonds. The predicted octanol–water partition coefficient (Wildman–Crippen LogP) is 10.5. The molecule has 0 unspecified atom stereocenters. The van der Waals surface area contributed by atoms with Crippen LogP contribution in [-0.4, -0.2) is 21.8 Å². The Labute approximate surface area is 253 Å². The molecule has 0 spiro atoms. The van der Waals surface area contributed by atoms with Crippen LogP contribution in [0.15, 0.2) is 36.4 Å². The number of hydrogen-bond donors (Lipinski definition) is 2. The number of amides is 2. The van der Waals surface area contributed by atoms with Crippen LogP contribution in [0.5, 0.6) is 0 Å². The lowest BCUT2D eigenvalue weighted by molar-refractivity contribution is -0.117. The normalized spacial score (nSPS) is 11.3. The fourth-order valence-corrected chi connectivity index (χ4v) is 5.51. The van der Waals surface area contributed by atoms with Crippen molar-refractivity contribution < 1.29 is 9.59 Å². The summed E-state index contributed by atoms with van der Waals surface area (Å²) in [5, 5.41) is 7.85. The SMILES string of the molecule is CCCCCCCCCCCC(=O)Nc1ccc2ccc3ccc(NC(=O)CCCCCCCCCCC)nc3c2n1. The summed E-state index contributed by atoms with van der Waals surface area (Å²) in [6.45, 7) is 4.49. The highest BCUT2D eigenvalue weighted by Crippen LogP contribution is 2.25. The quantitative estimate of drug-likeness (QED) is 0.0923. The highest BCUT2D eigenvalue weighted by atomic mass is 16.2. The minimum Gasteiger partial charge on any atom is -0.311 e. The summed E-state index contributed by atoms with van der Waals surface area (Å²) < 4.78 is 0. The average Bonchev–Trinajstić information content (AvgIpc) is 2.99. The van der Waals surface area contributed by atoms with E-state index in [2.05, 4.69) is 24.5 Å². The van der Waals surface area contributed by atoms with Gasteiger partial charge in [-0.2, -0.15) is 0 Å². The number of carbonyl (C=O) groups excluding carboxylic acids is 2. The van der Waals surface area contributed by atoms with Crippen molar-refractivity contribution in [2.45, 2.75) is 142 Å². The molecule has 230 valence electrons. The Kier molecular flexibility index (Phi) is 15.9. The van der Waals surface area contributed by atoms with Gasteiger partial charge >= 0.3 is 0 Å². The number of anilines is 2. The molecule has 0 atom stereocenters. The van der Waals surface area contributed by atoms with E-state index in [1.54, 1.807) is 0 Å². The molecule has 3 rings (SSSR count). The molecule has 0 fully saturated rings. The maximum atomic E-state index is 12.6. The van der Waals surface area contributed by atoms with E-state index in [4.69, 9.17) is 9.97 Å². The van der Waals surface area contributed by atoms with Crippen molar-refractivity contribution in [1.29, 1.82) is 0 Å². The lowest BCUT2D eigenvalue weighted by atomic mass is 10.1. The second kappa shape index (κ2) is 20.0. The number of pyridine rings is 2. The minimum atomic E-state index is 0.00226. The molecule has 6 heteroatoms. The van der Waals surface area contributed by atoms with Crippen molar-refractivity contribution in [1.82, 2.24) is 9.97 Å². The Hall–Kier alpha value is -3.02. The number of aromatic nitrogens is 2. The van der Waals surface area contributed by atoms with Gasteiger partial charge in [0.25, 0.3) is 0 Å². The molecule has 0 saturated heterocycles. The molecular weight excluding hydrogens is 520 g/mol. The van der Waals surface area contributed by atoms with Gasteiger partial charge in [-0.1, -0.05) is 129 Å². The number of unbranched alkanes of at least 4 members (excludes halogenated alkanes) is 16. The predicted molar refractivity (Wildman–Crippen MR) is 178 cm³/mol. The van der Waals surface area contributed by atoms with E-state index in [1.807, 2.05) is 36.4 Å². The first-order chi connectivity index (χ1) is 20.6. The van der Waals surface area contributed by atoms with Crippen molar-refractivity contribution in [3.05, 3.63) is 36.4 Å². The van der Waals surface area contributed by atoms with Crippen LogP contribution in [0.2, 0.25) is 0 Å². The zero-order valence-corrected chi connectivity index (χ0v) is 26.3. The van der Waals surface area contributed by atoms with Crippen molar-refractivity contribution in [2.75, 3.05) is 10.6 Å². The van der Waals surface area contributed by atoms with Crippen LogP contribution in [-0.2, 0) is 9.59 Å². The number of hydrogen-bond acceptors (Lipinski definition) is 4. The molecule has 1 aromatic carbocycles. The van der Waals surface area contributed by atoms with Crippen molar-refractivity contribution in [3.63, 3.8) is 0 Å². The molecule has 0 aliphatic rings. The van der Waals surface area contributed by atoms with Crippen molar-refractivity contribution in [2.24, 2.45) is 0 Å². The van der Waals surface area contributed by atoms with Crippen LogP contribution in [0, 0.1) is 0 Å². The molecule has 0 radical (unpaired) electrons. The summed E-state index contributed by atoms with van der Waals surface area (Å²) in [4.78, 5) is 34.7. The van der Waals surface area contributed by atoms with Gasteiger partial charge in [-0.15, -0.1) is 0 Å². The molecule has 42 heavy (non-hydrogen) atoms. The van der Waals surface area contributed by atoms with E-state index in [1.165, 1.54) is 89.9 Å². The van der Waals surface area contributed by atoms with Crippen LogP contribution in [0.25, 0.3) is 21.8 Å². The molecule has 2 aromatic heterocycles. The van der Waals surface area contributed by atoms with E-state index in [-0.39, 0.29) is 11.8 Å². The lowest BCUT2D eigenvalue weighted by Gasteiger charge is -2.09. The van der Waals surface area contributed by atoms with Gasteiger partial charge in [0.2, 0.25) is 11.8 Å². The van der Waals surface area contributed by atoms with Gasteiger partial charge < -0.3 is 10.6 Å². The van der Waals surface area contributed by atoms with Gasteiger partial charge in [0.15, 0.2) is 0 Å². The van der Waals surface area contributed by atoms with Gasteiger partial charge in [-0.3, -0.25) is 9.59 Å². The molecule has 0 bridgehead atoms. The Morgan fingerprint density at radius 2 is 0.786 bits per heavy atom. The molecule has 3 aromatic rings.